The fraction of sp³-hybridized carbons (Fsp3) is 0.400. The van der Waals surface area contributed by atoms with Crippen molar-refractivity contribution in [1.82, 2.24) is 38.8 Å². The van der Waals surface area contributed by atoms with E-state index in [-0.39, 0.29) is 37.2 Å². The summed E-state index contributed by atoms with van der Waals surface area (Å²) in [6.45, 7) is 1.29. The lowest BCUT2D eigenvalue weighted by atomic mass is 10.1. The monoisotopic (exact) mass is 574 g/mol. The first-order chi connectivity index (χ1) is 19.0. The Labute approximate surface area is 227 Å². The molecule has 210 valence electrons. The van der Waals surface area contributed by atoms with Crippen LogP contribution in [0.5, 0.6) is 0 Å². The Hall–Kier alpha value is -3.85. The van der Waals surface area contributed by atoms with Crippen LogP contribution in [0.1, 0.15) is 58.8 Å². The van der Waals surface area contributed by atoms with Crippen molar-refractivity contribution in [3.05, 3.63) is 65.0 Å². The molecule has 15 heteroatoms. The van der Waals surface area contributed by atoms with Crippen molar-refractivity contribution < 1.29 is 26.4 Å². The molecule has 4 aromatic rings. The quantitative estimate of drug-likeness (QED) is 0.360. The van der Waals surface area contributed by atoms with E-state index in [1.165, 1.54) is 4.68 Å². The second-order valence-electron chi connectivity index (χ2n) is 9.83. The molecule has 40 heavy (non-hydrogen) atoms. The van der Waals surface area contributed by atoms with Gasteiger partial charge in [0.15, 0.2) is 5.82 Å². The van der Waals surface area contributed by atoms with E-state index in [9.17, 15) is 26.4 Å². The molecule has 2 aliphatic rings. The lowest BCUT2D eigenvalue weighted by Crippen LogP contribution is -2.44. The van der Waals surface area contributed by atoms with Crippen molar-refractivity contribution in [3.63, 3.8) is 0 Å². The summed E-state index contributed by atoms with van der Waals surface area (Å²) in [7, 11) is -5.44. The van der Waals surface area contributed by atoms with Crippen LogP contribution in [0.4, 0.5) is 13.2 Å². The molecule has 6 rings (SSSR count). The van der Waals surface area contributed by atoms with Crippen molar-refractivity contribution in [3.8, 4) is 11.4 Å². The first-order valence-electron chi connectivity index (χ1n) is 12.8. The number of carbonyl (C=O) groups is 1. The first kappa shape index (κ1) is 26.4. The number of sulfonamides is 1. The number of alkyl halides is 3. The number of hydrogen-bond donors (Lipinski definition) is 1. The fourth-order valence-corrected chi connectivity index (χ4v) is 5.63. The Morgan fingerprint density at radius 3 is 2.55 bits per heavy atom. The molecule has 1 aliphatic heterocycles. The van der Waals surface area contributed by atoms with Gasteiger partial charge in [0.2, 0.25) is 5.78 Å². The molecule has 4 heterocycles. The average molecular weight is 575 g/mol. The fourth-order valence-electron chi connectivity index (χ4n) is 4.73. The maximum Gasteiger partial charge on any atom is 0.511 e. The van der Waals surface area contributed by atoms with Gasteiger partial charge in [-0.2, -0.15) is 22.6 Å². The minimum absolute atomic E-state index is 0.0392. The second kappa shape index (κ2) is 9.66. The zero-order valence-corrected chi connectivity index (χ0v) is 22.2. The number of imidazole rings is 1. The average Bonchev–Trinajstić information content (AvgIpc) is 3.58. The molecule has 0 bridgehead atoms. The zero-order valence-electron chi connectivity index (χ0n) is 21.4. The van der Waals surface area contributed by atoms with Gasteiger partial charge in [-0.05, 0) is 36.3 Å². The summed E-state index contributed by atoms with van der Waals surface area (Å²) in [5, 5.41) is 7.27. The number of fused-ring (bicyclic) bond motifs is 2. The molecule has 3 aromatic heterocycles. The summed E-state index contributed by atoms with van der Waals surface area (Å²) in [5.74, 6) is 1.12. The number of benzene rings is 1. The van der Waals surface area contributed by atoms with Gasteiger partial charge in [0, 0.05) is 31.0 Å². The lowest BCUT2D eigenvalue weighted by molar-refractivity contribution is -0.0496. The van der Waals surface area contributed by atoms with Crippen LogP contribution in [0.25, 0.3) is 17.2 Å². The zero-order chi connectivity index (χ0) is 28.2. The Kier molecular flexibility index (Phi) is 6.37. The standard InChI is InChI=1S/C25H25F3N8O3S/c1-2-19-21(35-13-18(16-7-8-16)12-30-24(35)31-19)23(37)29-11-15-3-5-17(6-4-15)22-32-20-14-34(9-10-36(20)33-22)40(38,39)25(26,27)28/h3-6,12-13,16H,2,7-11,14H2,1H3,(H,29,37). The Morgan fingerprint density at radius 2 is 1.88 bits per heavy atom. The molecule has 1 saturated carbocycles. The highest BCUT2D eigenvalue weighted by Gasteiger charge is 2.50. The molecule has 1 amide bonds. The van der Waals surface area contributed by atoms with E-state index in [1.807, 2.05) is 19.3 Å². The third kappa shape index (κ3) is 4.72. The Balaban J connectivity index is 1.15. The van der Waals surface area contributed by atoms with Gasteiger partial charge in [-0.1, -0.05) is 31.2 Å². The summed E-state index contributed by atoms with van der Waals surface area (Å²) in [6, 6.07) is 7.06. The number of aryl methyl sites for hydroxylation is 1. The van der Waals surface area contributed by atoms with Gasteiger partial charge in [-0.25, -0.2) is 28.1 Å². The Morgan fingerprint density at radius 1 is 1.12 bits per heavy atom. The van der Waals surface area contributed by atoms with Crippen LogP contribution in [-0.2, 0) is 36.1 Å². The molecule has 0 saturated heterocycles. The predicted molar refractivity (Wildman–Crippen MR) is 136 cm³/mol. The third-order valence-electron chi connectivity index (χ3n) is 7.10. The maximum atomic E-state index is 13.2. The van der Waals surface area contributed by atoms with Crippen LogP contribution in [0, 0.1) is 0 Å². The second-order valence-corrected chi connectivity index (χ2v) is 11.8. The van der Waals surface area contributed by atoms with E-state index >= 15 is 0 Å². The highest BCUT2D eigenvalue weighted by Crippen LogP contribution is 2.39. The molecular weight excluding hydrogens is 549 g/mol. The molecule has 1 aliphatic carbocycles. The van der Waals surface area contributed by atoms with Gasteiger partial charge in [-0.15, -0.1) is 0 Å². The van der Waals surface area contributed by atoms with Crippen molar-refractivity contribution in [2.24, 2.45) is 0 Å². The highest BCUT2D eigenvalue weighted by atomic mass is 32.2. The molecular formula is C25H25F3N8O3S. The van der Waals surface area contributed by atoms with E-state index in [0.29, 0.717) is 39.4 Å². The molecule has 0 spiro atoms. The largest absolute Gasteiger partial charge is 0.511 e. The Bertz CT molecular complexity index is 1710. The van der Waals surface area contributed by atoms with Crippen LogP contribution < -0.4 is 5.32 Å². The predicted octanol–water partition coefficient (Wildman–Crippen LogP) is 3.02. The summed E-state index contributed by atoms with van der Waals surface area (Å²) < 4.78 is 65.9. The van der Waals surface area contributed by atoms with Crippen molar-refractivity contribution >= 4 is 21.7 Å². The van der Waals surface area contributed by atoms with E-state index in [0.717, 1.165) is 24.0 Å². The number of nitrogens with zero attached hydrogens (tertiary/aromatic N) is 7. The number of nitrogens with one attached hydrogen (secondary N) is 1. The third-order valence-corrected chi connectivity index (χ3v) is 8.67. The summed E-state index contributed by atoms with van der Waals surface area (Å²) >= 11 is 0. The minimum atomic E-state index is -5.44. The van der Waals surface area contributed by atoms with Crippen LogP contribution >= 0.6 is 0 Å². The molecule has 1 fully saturated rings. The number of halogens is 3. The first-order valence-corrected chi connectivity index (χ1v) is 14.2. The van der Waals surface area contributed by atoms with Gasteiger partial charge < -0.3 is 5.32 Å². The van der Waals surface area contributed by atoms with Crippen LogP contribution in [0.3, 0.4) is 0 Å². The summed E-state index contributed by atoms with van der Waals surface area (Å²) in [5.41, 5.74) is -1.71. The van der Waals surface area contributed by atoms with Crippen LogP contribution in [-0.4, -0.2) is 59.8 Å². The van der Waals surface area contributed by atoms with E-state index < -0.39 is 22.1 Å². The van der Waals surface area contributed by atoms with Crippen molar-refractivity contribution in [2.45, 2.75) is 57.2 Å². The van der Waals surface area contributed by atoms with Gasteiger partial charge in [0.25, 0.3) is 5.91 Å². The number of carbonyl (C=O) groups excluding carboxylic acids is 1. The molecule has 1 N–H and O–H groups in total. The molecule has 0 atom stereocenters. The number of amides is 1. The summed E-state index contributed by atoms with van der Waals surface area (Å²) in [6.07, 6.45) is 6.60. The maximum absolute atomic E-state index is 13.2. The normalized spacial score (nSPS) is 16.3. The highest BCUT2D eigenvalue weighted by molar-refractivity contribution is 7.89. The number of aromatic nitrogens is 6. The van der Waals surface area contributed by atoms with Crippen molar-refractivity contribution in [1.29, 1.82) is 0 Å². The van der Waals surface area contributed by atoms with Crippen LogP contribution in [0.15, 0.2) is 36.7 Å². The van der Waals surface area contributed by atoms with E-state index in [2.05, 4.69) is 25.4 Å². The molecule has 1 aromatic carbocycles. The molecule has 11 nitrogen and oxygen atoms in total. The van der Waals surface area contributed by atoms with Crippen molar-refractivity contribution in [2.75, 3.05) is 6.54 Å². The number of rotatable bonds is 7. The smallest absolute Gasteiger partial charge is 0.347 e. The SMILES string of the molecule is CCc1nc2ncc(C3CC3)cn2c1C(=O)NCc1ccc(-c2nc3n(n2)CCN(S(=O)(=O)C(F)(F)F)C3)cc1. The van der Waals surface area contributed by atoms with Gasteiger partial charge in [0.05, 0.1) is 18.8 Å². The molecule has 0 unspecified atom stereocenters. The van der Waals surface area contributed by atoms with Gasteiger partial charge in [-0.3, -0.25) is 9.20 Å². The molecule has 0 radical (unpaired) electrons. The lowest BCUT2D eigenvalue weighted by Gasteiger charge is -2.26. The minimum Gasteiger partial charge on any atom is -0.347 e. The summed E-state index contributed by atoms with van der Waals surface area (Å²) in [4.78, 5) is 26.4. The van der Waals surface area contributed by atoms with E-state index in [4.69, 9.17) is 0 Å². The van der Waals surface area contributed by atoms with Crippen LogP contribution in [0.2, 0.25) is 0 Å². The van der Waals surface area contributed by atoms with Gasteiger partial charge in [0.1, 0.15) is 11.5 Å². The topological polar surface area (TPSA) is 127 Å². The number of hydrogen-bond acceptors (Lipinski definition) is 7. The van der Waals surface area contributed by atoms with E-state index in [1.54, 1.807) is 28.7 Å². The van der Waals surface area contributed by atoms with Gasteiger partial charge >= 0.3 is 15.5 Å².